The standard InChI is InChI=1S/C17H25N3O2/c1-4-15-16(21)18-10-5-11-20(15)17(22)14-8-6-13(7-9-14)12-19(2)3/h6-9,15H,4-5,10-12H2,1-3H3,(H,18,21)/t15-/m1/s1. The van der Waals surface area contributed by atoms with Crippen LogP contribution in [0.2, 0.25) is 0 Å². The average molecular weight is 303 g/mol. The van der Waals surface area contributed by atoms with Crippen LogP contribution in [0.15, 0.2) is 24.3 Å². The highest BCUT2D eigenvalue weighted by Crippen LogP contribution is 2.15. The third kappa shape index (κ3) is 3.85. The first-order valence-corrected chi connectivity index (χ1v) is 7.85. The Morgan fingerprint density at radius 1 is 1.32 bits per heavy atom. The van der Waals surface area contributed by atoms with Gasteiger partial charge in [-0.3, -0.25) is 9.59 Å². The first kappa shape index (κ1) is 16.5. The minimum atomic E-state index is -0.364. The number of nitrogens with zero attached hydrogens (tertiary/aromatic N) is 2. The summed E-state index contributed by atoms with van der Waals surface area (Å²) in [4.78, 5) is 28.6. The van der Waals surface area contributed by atoms with Gasteiger partial charge in [-0.1, -0.05) is 19.1 Å². The van der Waals surface area contributed by atoms with E-state index in [1.54, 1.807) is 4.90 Å². The number of hydrogen-bond donors (Lipinski definition) is 1. The molecule has 1 fully saturated rings. The highest BCUT2D eigenvalue weighted by Gasteiger charge is 2.30. The molecule has 1 saturated heterocycles. The van der Waals surface area contributed by atoms with Crippen molar-refractivity contribution in [1.29, 1.82) is 0 Å². The van der Waals surface area contributed by atoms with Crippen molar-refractivity contribution in [2.45, 2.75) is 32.4 Å². The molecule has 22 heavy (non-hydrogen) atoms. The third-order valence-electron chi connectivity index (χ3n) is 3.90. The van der Waals surface area contributed by atoms with Crippen molar-refractivity contribution in [2.75, 3.05) is 27.2 Å². The molecule has 2 rings (SSSR count). The smallest absolute Gasteiger partial charge is 0.254 e. The maximum Gasteiger partial charge on any atom is 0.254 e. The van der Waals surface area contributed by atoms with E-state index in [0.29, 0.717) is 25.1 Å². The third-order valence-corrected chi connectivity index (χ3v) is 3.90. The van der Waals surface area contributed by atoms with Crippen molar-refractivity contribution < 1.29 is 9.59 Å². The molecule has 0 radical (unpaired) electrons. The van der Waals surface area contributed by atoms with Gasteiger partial charge in [0.15, 0.2) is 0 Å². The SMILES string of the molecule is CC[C@@H]1C(=O)NCCCN1C(=O)c1ccc(CN(C)C)cc1. The summed E-state index contributed by atoms with van der Waals surface area (Å²) in [6.07, 6.45) is 1.43. The van der Waals surface area contributed by atoms with Gasteiger partial charge in [-0.15, -0.1) is 0 Å². The van der Waals surface area contributed by atoms with Gasteiger partial charge in [-0.2, -0.15) is 0 Å². The van der Waals surface area contributed by atoms with Crippen molar-refractivity contribution in [3.05, 3.63) is 35.4 Å². The summed E-state index contributed by atoms with van der Waals surface area (Å²) in [5.41, 5.74) is 1.82. The first-order valence-electron chi connectivity index (χ1n) is 7.85. The van der Waals surface area contributed by atoms with Gasteiger partial charge < -0.3 is 15.1 Å². The molecule has 1 atom stereocenters. The molecule has 2 amide bonds. The van der Waals surface area contributed by atoms with Gasteiger partial charge in [0, 0.05) is 25.2 Å². The molecule has 1 N–H and O–H groups in total. The van der Waals surface area contributed by atoms with Crippen LogP contribution in [0, 0.1) is 0 Å². The second-order valence-corrected chi connectivity index (χ2v) is 6.00. The van der Waals surface area contributed by atoms with E-state index in [1.165, 1.54) is 5.56 Å². The van der Waals surface area contributed by atoms with Crippen LogP contribution in [0.1, 0.15) is 35.7 Å². The monoisotopic (exact) mass is 303 g/mol. The van der Waals surface area contributed by atoms with Crippen molar-refractivity contribution >= 4 is 11.8 Å². The quantitative estimate of drug-likeness (QED) is 0.917. The van der Waals surface area contributed by atoms with Crippen LogP contribution < -0.4 is 5.32 Å². The van der Waals surface area contributed by atoms with Gasteiger partial charge in [-0.05, 0) is 44.6 Å². The summed E-state index contributed by atoms with van der Waals surface area (Å²) in [7, 11) is 4.03. The number of carbonyl (C=O) groups is 2. The molecule has 1 aromatic carbocycles. The number of carbonyl (C=O) groups excluding carboxylic acids is 2. The van der Waals surface area contributed by atoms with Crippen molar-refractivity contribution in [3.63, 3.8) is 0 Å². The maximum atomic E-state index is 12.7. The van der Waals surface area contributed by atoms with E-state index in [1.807, 2.05) is 45.3 Å². The molecule has 0 aliphatic carbocycles. The number of benzene rings is 1. The van der Waals surface area contributed by atoms with Crippen LogP contribution in [0.4, 0.5) is 0 Å². The fraction of sp³-hybridized carbons (Fsp3) is 0.529. The number of rotatable bonds is 4. The lowest BCUT2D eigenvalue weighted by Crippen LogP contribution is -2.46. The molecule has 1 aliphatic rings. The molecule has 0 spiro atoms. The van der Waals surface area contributed by atoms with Crippen molar-refractivity contribution in [2.24, 2.45) is 0 Å². The Balaban J connectivity index is 2.16. The summed E-state index contributed by atoms with van der Waals surface area (Å²) in [6.45, 7) is 4.05. The van der Waals surface area contributed by atoms with E-state index < -0.39 is 0 Å². The molecule has 0 unspecified atom stereocenters. The molecule has 1 aliphatic heterocycles. The molecule has 5 heteroatoms. The van der Waals surface area contributed by atoms with Gasteiger partial charge in [-0.25, -0.2) is 0 Å². The van der Waals surface area contributed by atoms with Crippen LogP contribution in [0.25, 0.3) is 0 Å². The zero-order chi connectivity index (χ0) is 16.1. The molecular weight excluding hydrogens is 278 g/mol. The highest BCUT2D eigenvalue weighted by atomic mass is 16.2. The normalized spacial score (nSPS) is 19.0. The second-order valence-electron chi connectivity index (χ2n) is 6.00. The fourth-order valence-electron chi connectivity index (χ4n) is 2.81. The zero-order valence-electron chi connectivity index (χ0n) is 13.6. The fourth-order valence-corrected chi connectivity index (χ4v) is 2.81. The van der Waals surface area contributed by atoms with E-state index in [4.69, 9.17) is 0 Å². The summed E-state index contributed by atoms with van der Waals surface area (Å²) >= 11 is 0. The molecular formula is C17H25N3O2. The van der Waals surface area contributed by atoms with Gasteiger partial charge in [0.25, 0.3) is 5.91 Å². The van der Waals surface area contributed by atoms with Gasteiger partial charge >= 0.3 is 0 Å². The number of nitrogens with one attached hydrogen (secondary N) is 1. The number of hydrogen-bond acceptors (Lipinski definition) is 3. The molecule has 1 heterocycles. The van der Waals surface area contributed by atoms with Crippen LogP contribution >= 0.6 is 0 Å². The minimum Gasteiger partial charge on any atom is -0.354 e. The summed E-state index contributed by atoms with van der Waals surface area (Å²) in [5.74, 6) is -0.0992. The molecule has 0 bridgehead atoms. The average Bonchev–Trinajstić information content (AvgIpc) is 2.68. The Hall–Kier alpha value is -1.88. The summed E-state index contributed by atoms with van der Waals surface area (Å²) in [6, 6.07) is 7.31. The molecule has 0 saturated carbocycles. The lowest BCUT2D eigenvalue weighted by atomic mass is 10.1. The highest BCUT2D eigenvalue weighted by molar-refractivity contribution is 5.97. The molecule has 120 valence electrons. The summed E-state index contributed by atoms with van der Waals surface area (Å²) in [5, 5.41) is 2.87. The molecule has 1 aromatic rings. The van der Waals surface area contributed by atoms with Gasteiger partial charge in [0.05, 0.1) is 0 Å². The number of amides is 2. The van der Waals surface area contributed by atoms with Gasteiger partial charge in [0.1, 0.15) is 6.04 Å². The van der Waals surface area contributed by atoms with Gasteiger partial charge in [0.2, 0.25) is 5.91 Å². The Morgan fingerprint density at radius 3 is 2.59 bits per heavy atom. The Bertz CT molecular complexity index is 525. The van der Waals surface area contributed by atoms with E-state index in [0.717, 1.165) is 13.0 Å². The van der Waals surface area contributed by atoms with E-state index >= 15 is 0 Å². The topological polar surface area (TPSA) is 52.7 Å². The Morgan fingerprint density at radius 2 is 2.00 bits per heavy atom. The maximum absolute atomic E-state index is 12.7. The second kappa shape index (κ2) is 7.40. The summed E-state index contributed by atoms with van der Waals surface area (Å²) < 4.78 is 0. The van der Waals surface area contributed by atoms with E-state index in [2.05, 4.69) is 10.2 Å². The zero-order valence-corrected chi connectivity index (χ0v) is 13.6. The van der Waals surface area contributed by atoms with Crippen molar-refractivity contribution in [3.8, 4) is 0 Å². The predicted octanol–water partition coefficient (Wildman–Crippen LogP) is 1.49. The Kier molecular flexibility index (Phi) is 5.55. The van der Waals surface area contributed by atoms with E-state index in [9.17, 15) is 9.59 Å². The van der Waals surface area contributed by atoms with Crippen molar-refractivity contribution in [1.82, 2.24) is 15.1 Å². The lowest BCUT2D eigenvalue weighted by molar-refractivity contribution is -0.124. The van der Waals surface area contributed by atoms with Crippen LogP contribution in [0.5, 0.6) is 0 Å². The van der Waals surface area contributed by atoms with E-state index in [-0.39, 0.29) is 17.9 Å². The first-order chi connectivity index (χ1) is 10.5. The van der Waals surface area contributed by atoms with Crippen LogP contribution in [-0.2, 0) is 11.3 Å². The Labute approximate surface area is 132 Å². The molecule has 0 aromatic heterocycles. The van der Waals surface area contributed by atoms with Crippen LogP contribution in [-0.4, -0.2) is 54.8 Å². The minimum absolute atomic E-state index is 0.0439. The van der Waals surface area contributed by atoms with Crippen LogP contribution in [0.3, 0.4) is 0 Å². The lowest BCUT2D eigenvalue weighted by Gasteiger charge is -2.27. The molecule has 5 nitrogen and oxygen atoms in total. The largest absolute Gasteiger partial charge is 0.354 e. The predicted molar refractivity (Wildman–Crippen MR) is 86.6 cm³/mol.